The Kier molecular flexibility index (Phi) is 8.66. The van der Waals surface area contributed by atoms with Gasteiger partial charge in [-0.3, -0.25) is 19.5 Å². The van der Waals surface area contributed by atoms with Gasteiger partial charge in [-0.1, -0.05) is 28.4 Å². The molecule has 1 saturated heterocycles. The average molecular weight is 583 g/mol. The Bertz CT molecular complexity index is 1540. The second kappa shape index (κ2) is 12.4. The van der Waals surface area contributed by atoms with E-state index in [2.05, 4.69) is 55.6 Å². The number of nitrogens with zero attached hydrogens (tertiary/aromatic N) is 7. The molecule has 40 heavy (non-hydrogen) atoms. The fourth-order valence-corrected chi connectivity index (χ4v) is 5.22. The van der Waals surface area contributed by atoms with Crippen LogP contribution in [0.25, 0.3) is 10.9 Å². The zero-order valence-electron chi connectivity index (χ0n) is 22.3. The van der Waals surface area contributed by atoms with Crippen LogP contribution < -0.4 is 10.6 Å². The number of pyridine rings is 1. The fourth-order valence-electron chi connectivity index (χ4n) is 4.77. The number of piperazine rings is 1. The van der Waals surface area contributed by atoms with E-state index >= 15 is 0 Å². The number of anilines is 3. The molecule has 0 spiro atoms. The first-order valence-corrected chi connectivity index (χ1v) is 13.9. The number of hydrogen-bond acceptors (Lipinski definition) is 8. The SMILES string of the molecule is CC(C)N1CCN(CCn2cc(CNc3cc(Cl)c4ncc(C#N)c(Nc5ccc(F)c(Cl)c5)c4c3)nn2)CC1. The topological polar surface area (TPSA) is 97.9 Å². The highest BCUT2D eigenvalue weighted by molar-refractivity contribution is 6.36. The maximum absolute atomic E-state index is 13.7. The van der Waals surface area contributed by atoms with Gasteiger partial charge in [0.05, 0.1) is 46.1 Å². The molecule has 208 valence electrons. The van der Waals surface area contributed by atoms with E-state index in [1.807, 2.05) is 16.9 Å². The summed E-state index contributed by atoms with van der Waals surface area (Å²) < 4.78 is 15.5. The molecule has 3 heterocycles. The van der Waals surface area contributed by atoms with Crippen molar-refractivity contribution in [2.75, 3.05) is 43.4 Å². The van der Waals surface area contributed by atoms with Gasteiger partial charge in [-0.25, -0.2) is 4.39 Å². The lowest BCUT2D eigenvalue weighted by atomic mass is 10.1. The fraction of sp³-hybridized carbons (Fsp3) is 0.357. The molecule has 0 atom stereocenters. The van der Waals surface area contributed by atoms with Crippen molar-refractivity contribution >= 4 is 51.2 Å². The van der Waals surface area contributed by atoms with E-state index in [1.54, 1.807) is 12.1 Å². The number of aromatic nitrogens is 4. The molecule has 1 aliphatic heterocycles. The lowest BCUT2D eigenvalue weighted by molar-refractivity contribution is 0.105. The van der Waals surface area contributed by atoms with Crippen LogP contribution in [0.1, 0.15) is 25.1 Å². The van der Waals surface area contributed by atoms with Gasteiger partial charge in [0.1, 0.15) is 17.6 Å². The Morgan fingerprint density at radius 3 is 2.55 bits per heavy atom. The van der Waals surface area contributed by atoms with E-state index in [-0.39, 0.29) is 5.02 Å². The summed E-state index contributed by atoms with van der Waals surface area (Å²) in [6.07, 6.45) is 3.40. The van der Waals surface area contributed by atoms with Gasteiger partial charge in [0.2, 0.25) is 0 Å². The second-order valence-electron chi connectivity index (χ2n) is 10.1. The molecule has 2 aromatic heterocycles. The number of benzene rings is 2. The van der Waals surface area contributed by atoms with Gasteiger partial charge in [0, 0.05) is 61.7 Å². The molecule has 1 fully saturated rings. The molecular weight excluding hydrogens is 552 g/mol. The third kappa shape index (κ3) is 6.45. The highest BCUT2D eigenvalue weighted by Crippen LogP contribution is 2.35. The van der Waals surface area contributed by atoms with E-state index in [9.17, 15) is 9.65 Å². The molecule has 2 N–H and O–H groups in total. The zero-order valence-corrected chi connectivity index (χ0v) is 23.8. The Balaban J connectivity index is 1.27. The summed E-state index contributed by atoms with van der Waals surface area (Å²) in [5.74, 6) is -0.525. The van der Waals surface area contributed by atoms with E-state index in [0.29, 0.717) is 45.5 Å². The van der Waals surface area contributed by atoms with Gasteiger partial charge in [0.15, 0.2) is 0 Å². The average Bonchev–Trinajstić information content (AvgIpc) is 3.41. The quantitative estimate of drug-likeness (QED) is 0.266. The number of rotatable bonds is 9. The minimum absolute atomic E-state index is 0.0241. The molecule has 4 aromatic rings. The molecule has 2 aromatic carbocycles. The van der Waals surface area contributed by atoms with Crippen LogP contribution >= 0.6 is 23.2 Å². The lowest BCUT2D eigenvalue weighted by Gasteiger charge is -2.36. The maximum atomic E-state index is 13.7. The Morgan fingerprint density at radius 2 is 1.82 bits per heavy atom. The van der Waals surface area contributed by atoms with E-state index in [1.165, 1.54) is 18.3 Å². The summed E-state index contributed by atoms with van der Waals surface area (Å²) in [4.78, 5) is 9.35. The van der Waals surface area contributed by atoms with Crippen LogP contribution in [-0.4, -0.2) is 68.5 Å². The van der Waals surface area contributed by atoms with Crippen LogP contribution in [-0.2, 0) is 13.1 Å². The molecule has 5 rings (SSSR count). The van der Waals surface area contributed by atoms with E-state index < -0.39 is 5.82 Å². The lowest BCUT2D eigenvalue weighted by Crippen LogP contribution is -2.49. The zero-order chi connectivity index (χ0) is 28.2. The number of halogens is 3. The molecule has 0 bridgehead atoms. The van der Waals surface area contributed by atoms with Crippen LogP contribution in [0.2, 0.25) is 10.0 Å². The summed E-state index contributed by atoms with van der Waals surface area (Å²) in [6, 6.07) is 10.7. The van der Waals surface area contributed by atoms with Crippen molar-refractivity contribution in [1.29, 1.82) is 5.26 Å². The molecule has 1 aliphatic rings. The molecule has 9 nitrogen and oxygen atoms in total. The Hall–Kier alpha value is -3.49. The van der Waals surface area contributed by atoms with Gasteiger partial charge in [-0.15, -0.1) is 5.10 Å². The van der Waals surface area contributed by atoms with Gasteiger partial charge in [-0.05, 0) is 44.2 Å². The first-order chi connectivity index (χ1) is 19.3. The van der Waals surface area contributed by atoms with Crippen LogP contribution in [0.4, 0.5) is 21.5 Å². The molecule has 0 radical (unpaired) electrons. The molecular formula is C28H30Cl2FN9. The van der Waals surface area contributed by atoms with Crippen molar-refractivity contribution in [2.45, 2.75) is 33.0 Å². The predicted molar refractivity (Wildman–Crippen MR) is 157 cm³/mol. The third-order valence-electron chi connectivity index (χ3n) is 7.08. The first-order valence-electron chi connectivity index (χ1n) is 13.1. The largest absolute Gasteiger partial charge is 0.379 e. The minimum atomic E-state index is -0.525. The van der Waals surface area contributed by atoms with E-state index in [4.69, 9.17) is 23.2 Å². The number of nitriles is 1. The Morgan fingerprint density at radius 1 is 1.05 bits per heavy atom. The number of hydrogen-bond donors (Lipinski definition) is 2. The van der Waals surface area contributed by atoms with Crippen molar-refractivity contribution in [3.05, 3.63) is 69.8 Å². The van der Waals surface area contributed by atoms with Crippen LogP contribution in [0.3, 0.4) is 0 Å². The van der Waals surface area contributed by atoms with Crippen LogP contribution in [0.15, 0.2) is 42.7 Å². The van der Waals surface area contributed by atoms with E-state index in [0.717, 1.165) is 50.6 Å². The number of nitrogens with one attached hydrogen (secondary N) is 2. The van der Waals surface area contributed by atoms with Crippen LogP contribution in [0.5, 0.6) is 0 Å². The smallest absolute Gasteiger partial charge is 0.141 e. The van der Waals surface area contributed by atoms with Crippen molar-refractivity contribution in [3.63, 3.8) is 0 Å². The minimum Gasteiger partial charge on any atom is -0.379 e. The summed E-state index contributed by atoms with van der Waals surface area (Å²) in [6.45, 7) is 11.0. The monoisotopic (exact) mass is 581 g/mol. The molecule has 12 heteroatoms. The Labute approximate surface area is 242 Å². The summed E-state index contributed by atoms with van der Waals surface area (Å²) in [5, 5.41) is 25.9. The van der Waals surface area contributed by atoms with Crippen LogP contribution in [0, 0.1) is 17.1 Å². The van der Waals surface area contributed by atoms with Gasteiger partial charge < -0.3 is 10.6 Å². The van der Waals surface area contributed by atoms with Crippen molar-refractivity contribution in [2.24, 2.45) is 0 Å². The third-order valence-corrected chi connectivity index (χ3v) is 7.65. The van der Waals surface area contributed by atoms with Crippen molar-refractivity contribution < 1.29 is 4.39 Å². The standard InChI is InChI=1S/C28H30Cl2FN9/c1-18(2)39-8-5-38(6-9-39)7-10-40-17-22(36-37-40)16-33-21-11-23-27(35-20-3-4-26(31)24(29)12-20)19(14-32)15-34-28(23)25(30)13-21/h3-4,11-13,15,17-18,33H,5-10,16H2,1-2H3,(H,34,35). The van der Waals surface area contributed by atoms with Crippen molar-refractivity contribution in [3.8, 4) is 6.07 Å². The maximum Gasteiger partial charge on any atom is 0.141 e. The molecule has 0 aliphatic carbocycles. The normalized spacial score (nSPS) is 14.5. The number of fused-ring (bicyclic) bond motifs is 1. The molecule has 0 saturated carbocycles. The predicted octanol–water partition coefficient (Wildman–Crippen LogP) is 5.53. The molecule has 0 amide bonds. The highest BCUT2D eigenvalue weighted by atomic mass is 35.5. The second-order valence-corrected chi connectivity index (χ2v) is 10.9. The summed E-state index contributed by atoms with van der Waals surface area (Å²) in [5.41, 5.74) is 3.40. The first kappa shape index (κ1) is 28.1. The summed E-state index contributed by atoms with van der Waals surface area (Å²) >= 11 is 12.5. The summed E-state index contributed by atoms with van der Waals surface area (Å²) in [7, 11) is 0. The highest BCUT2D eigenvalue weighted by Gasteiger charge is 2.19. The van der Waals surface area contributed by atoms with Gasteiger partial charge in [-0.2, -0.15) is 5.26 Å². The molecule has 0 unspecified atom stereocenters. The van der Waals surface area contributed by atoms with Gasteiger partial charge >= 0.3 is 0 Å². The van der Waals surface area contributed by atoms with Crippen molar-refractivity contribution in [1.82, 2.24) is 29.8 Å². The van der Waals surface area contributed by atoms with Gasteiger partial charge in [0.25, 0.3) is 0 Å².